The predicted octanol–water partition coefficient (Wildman–Crippen LogP) is 1.44. The minimum atomic E-state index is -1.40. The van der Waals surface area contributed by atoms with Crippen molar-refractivity contribution < 1.29 is 19.9 Å². The third kappa shape index (κ3) is 1.68. The number of urea groups is 1. The Bertz CT molecular complexity index is 693. The van der Waals surface area contributed by atoms with Crippen LogP contribution in [0.5, 0.6) is 0 Å². The molecular weight excluding hydrogens is 284 g/mol. The van der Waals surface area contributed by atoms with Crippen LogP contribution in [0, 0.1) is 5.41 Å². The van der Waals surface area contributed by atoms with Gasteiger partial charge in [-0.1, -0.05) is 5.57 Å². The van der Waals surface area contributed by atoms with Gasteiger partial charge in [-0.3, -0.25) is 10.0 Å². The zero-order valence-corrected chi connectivity index (χ0v) is 12.9. The molecule has 1 atom stereocenters. The van der Waals surface area contributed by atoms with E-state index in [0.717, 1.165) is 29.6 Å². The van der Waals surface area contributed by atoms with Gasteiger partial charge in [0, 0.05) is 11.0 Å². The van der Waals surface area contributed by atoms with E-state index < -0.39 is 17.0 Å². The number of hydrogen-bond donors (Lipinski definition) is 3. The van der Waals surface area contributed by atoms with E-state index in [1.54, 1.807) is 13.0 Å². The number of carbonyl (C=O) groups excluding carboxylic acids is 2. The molecule has 2 amide bonds. The van der Waals surface area contributed by atoms with Gasteiger partial charge < -0.3 is 10.8 Å². The van der Waals surface area contributed by atoms with Crippen LogP contribution in [0.4, 0.5) is 4.79 Å². The summed E-state index contributed by atoms with van der Waals surface area (Å²) in [7, 11) is 0. The number of amides is 2. The molecule has 0 aromatic carbocycles. The molecule has 1 saturated carbocycles. The molecule has 4 N–H and O–H groups in total. The van der Waals surface area contributed by atoms with Crippen molar-refractivity contribution in [3.05, 3.63) is 33.9 Å². The lowest BCUT2D eigenvalue weighted by Gasteiger charge is -2.39. The maximum Gasteiger partial charge on any atom is 0.338 e. The van der Waals surface area contributed by atoms with Crippen LogP contribution in [0.15, 0.2) is 33.9 Å². The number of fused-ring (bicyclic) bond motifs is 1. The topological polar surface area (TPSA) is 104 Å². The van der Waals surface area contributed by atoms with Crippen molar-refractivity contribution in [1.82, 2.24) is 5.06 Å². The summed E-state index contributed by atoms with van der Waals surface area (Å²) in [5.41, 5.74) is 6.84. The molecule has 1 fully saturated rings. The molecular formula is C16H20N2O4. The first-order chi connectivity index (χ1) is 10.1. The Morgan fingerprint density at radius 3 is 2.50 bits per heavy atom. The van der Waals surface area contributed by atoms with E-state index in [-0.39, 0.29) is 12.3 Å². The van der Waals surface area contributed by atoms with Gasteiger partial charge in [0.2, 0.25) is 0 Å². The van der Waals surface area contributed by atoms with Gasteiger partial charge in [-0.05, 0) is 56.4 Å². The first-order valence-electron chi connectivity index (χ1n) is 7.30. The smallest absolute Gasteiger partial charge is 0.338 e. The van der Waals surface area contributed by atoms with Gasteiger partial charge in [0.05, 0.1) is 6.54 Å². The van der Waals surface area contributed by atoms with Crippen LogP contribution >= 0.6 is 0 Å². The van der Waals surface area contributed by atoms with E-state index in [1.165, 1.54) is 0 Å². The lowest BCUT2D eigenvalue weighted by Crippen LogP contribution is -2.49. The van der Waals surface area contributed by atoms with Crippen LogP contribution < -0.4 is 5.73 Å². The molecule has 6 nitrogen and oxygen atoms in total. The van der Waals surface area contributed by atoms with Crippen molar-refractivity contribution >= 4 is 11.8 Å². The Morgan fingerprint density at radius 1 is 1.41 bits per heavy atom. The van der Waals surface area contributed by atoms with Gasteiger partial charge in [-0.2, -0.15) is 0 Å². The monoisotopic (exact) mass is 304 g/mol. The summed E-state index contributed by atoms with van der Waals surface area (Å²) in [5, 5.41) is 20.8. The summed E-state index contributed by atoms with van der Waals surface area (Å²) in [6.07, 6.45) is 3.24. The molecule has 0 heterocycles. The van der Waals surface area contributed by atoms with Gasteiger partial charge in [0.1, 0.15) is 5.60 Å². The van der Waals surface area contributed by atoms with E-state index in [9.17, 15) is 19.9 Å². The molecule has 3 aliphatic carbocycles. The van der Waals surface area contributed by atoms with Crippen molar-refractivity contribution in [2.24, 2.45) is 11.1 Å². The molecule has 118 valence electrons. The summed E-state index contributed by atoms with van der Waals surface area (Å²) < 4.78 is 0. The molecule has 0 aromatic heterocycles. The summed E-state index contributed by atoms with van der Waals surface area (Å²) >= 11 is 0. The third-order valence-corrected chi connectivity index (χ3v) is 5.43. The van der Waals surface area contributed by atoms with E-state index in [0.29, 0.717) is 16.2 Å². The predicted molar refractivity (Wildman–Crippen MR) is 78.9 cm³/mol. The van der Waals surface area contributed by atoms with E-state index >= 15 is 0 Å². The maximum atomic E-state index is 12.7. The lowest BCUT2D eigenvalue weighted by atomic mass is 9.67. The molecule has 22 heavy (non-hydrogen) atoms. The number of allylic oxidation sites excluding steroid dienone is 2. The highest BCUT2D eigenvalue weighted by Crippen LogP contribution is 2.64. The molecule has 0 unspecified atom stereocenters. The standard InChI is InChI=1S/C16H20N2O4/c1-8-6-10-12(11(8)7-18(22)14(17)20)9(2)16(4-5-16)15(3,21)13(10)19/h6,21-22H,4-5,7H2,1-3H3,(H2,17,20)/t15-/m1/s1. The first-order valence-corrected chi connectivity index (χ1v) is 7.30. The van der Waals surface area contributed by atoms with Crippen LogP contribution in [-0.4, -0.2) is 39.3 Å². The quantitative estimate of drug-likeness (QED) is 0.530. The van der Waals surface area contributed by atoms with Gasteiger partial charge in [0.25, 0.3) is 0 Å². The van der Waals surface area contributed by atoms with E-state index in [1.807, 2.05) is 13.8 Å². The number of rotatable bonds is 2. The summed E-state index contributed by atoms with van der Waals surface area (Å²) in [6, 6.07) is -0.942. The maximum absolute atomic E-state index is 12.7. The Balaban J connectivity index is 2.10. The van der Waals surface area contributed by atoms with Gasteiger partial charge in [-0.25, -0.2) is 9.86 Å². The number of hydroxylamine groups is 2. The Hall–Kier alpha value is -1.92. The van der Waals surface area contributed by atoms with Crippen molar-refractivity contribution in [2.75, 3.05) is 6.54 Å². The second-order valence-electron chi connectivity index (χ2n) is 6.60. The second kappa shape index (κ2) is 4.30. The molecule has 3 rings (SSSR count). The van der Waals surface area contributed by atoms with Crippen LogP contribution in [0.3, 0.4) is 0 Å². The minimum absolute atomic E-state index is 0.0701. The van der Waals surface area contributed by atoms with Crippen LogP contribution in [0.25, 0.3) is 0 Å². The first kappa shape index (κ1) is 15.0. The number of nitrogens with zero attached hydrogens (tertiary/aromatic N) is 1. The molecule has 0 bridgehead atoms. The number of Topliss-reactive ketones (excluding diaryl/α,β-unsaturated/α-hetero) is 1. The fourth-order valence-electron chi connectivity index (χ4n) is 3.85. The van der Waals surface area contributed by atoms with Crippen LogP contribution in [-0.2, 0) is 4.79 Å². The molecule has 0 aliphatic heterocycles. The summed E-state index contributed by atoms with van der Waals surface area (Å²) in [4.78, 5) is 23.8. The van der Waals surface area contributed by atoms with Gasteiger partial charge in [0.15, 0.2) is 5.78 Å². The van der Waals surface area contributed by atoms with Crippen molar-refractivity contribution in [3.63, 3.8) is 0 Å². The molecule has 6 heteroatoms. The van der Waals surface area contributed by atoms with Crippen molar-refractivity contribution in [1.29, 1.82) is 0 Å². The highest BCUT2D eigenvalue weighted by atomic mass is 16.5. The Labute approximate surface area is 128 Å². The van der Waals surface area contributed by atoms with Gasteiger partial charge in [-0.15, -0.1) is 0 Å². The van der Waals surface area contributed by atoms with E-state index in [4.69, 9.17) is 5.73 Å². The lowest BCUT2D eigenvalue weighted by molar-refractivity contribution is -0.137. The number of ketones is 1. The summed E-state index contributed by atoms with van der Waals surface area (Å²) in [6.45, 7) is 5.25. The fourth-order valence-corrected chi connectivity index (χ4v) is 3.85. The number of primary amides is 1. The summed E-state index contributed by atoms with van der Waals surface area (Å²) in [5.74, 6) is -0.288. The zero-order chi connectivity index (χ0) is 16.4. The molecule has 1 spiro atoms. The molecule has 0 saturated heterocycles. The Kier molecular flexibility index (Phi) is 2.93. The zero-order valence-electron chi connectivity index (χ0n) is 12.9. The SMILES string of the molecule is CC1=C(CN(O)C(N)=O)C2=C(C)C3(CC3)[C@](C)(O)C(=O)C2=C1. The highest BCUT2D eigenvalue weighted by molar-refractivity contribution is 6.10. The molecule has 0 aromatic rings. The van der Waals surface area contributed by atoms with Crippen molar-refractivity contribution in [2.45, 2.75) is 39.2 Å². The van der Waals surface area contributed by atoms with E-state index in [2.05, 4.69) is 0 Å². The third-order valence-electron chi connectivity index (χ3n) is 5.43. The second-order valence-corrected chi connectivity index (χ2v) is 6.60. The molecule has 0 radical (unpaired) electrons. The largest absolute Gasteiger partial charge is 0.381 e. The average Bonchev–Trinajstić information content (AvgIpc) is 3.18. The molecule has 3 aliphatic rings. The van der Waals surface area contributed by atoms with Crippen LogP contribution in [0.2, 0.25) is 0 Å². The number of aliphatic hydroxyl groups is 1. The highest BCUT2D eigenvalue weighted by Gasteiger charge is 2.65. The Morgan fingerprint density at radius 2 is 2.00 bits per heavy atom. The number of carbonyl (C=O) groups is 2. The van der Waals surface area contributed by atoms with Crippen LogP contribution in [0.1, 0.15) is 33.6 Å². The van der Waals surface area contributed by atoms with Gasteiger partial charge >= 0.3 is 6.03 Å². The van der Waals surface area contributed by atoms with Crippen molar-refractivity contribution in [3.8, 4) is 0 Å². The number of hydrogen-bond acceptors (Lipinski definition) is 4. The number of nitrogens with two attached hydrogens (primary N) is 1. The minimum Gasteiger partial charge on any atom is -0.381 e. The average molecular weight is 304 g/mol. The fraction of sp³-hybridized carbons (Fsp3) is 0.500. The normalized spacial score (nSPS) is 29.0.